The Bertz CT molecular complexity index is 539. The predicted octanol–water partition coefficient (Wildman–Crippen LogP) is 0.236. The Balaban J connectivity index is 2.13. The molecule has 1 heterocycles. The fourth-order valence-corrected chi connectivity index (χ4v) is 4.88. The Hall–Kier alpha value is -1.11. The Kier molecular flexibility index (Phi) is 3.60. The van der Waals surface area contributed by atoms with E-state index in [0.29, 0.717) is 6.54 Å². The van der Waals surface area contributed by atoms with Crippen molar-refractivity contribution in [2.45, 2.75) is 20.8 Å². The highest BCUT2D eigenvalue weighted by Crippen LogP contribution is 2.59. The van der Waals surface area contributed by atoms with Gasteiger partial charge in [-0.1, -0.05) is 20.8 Å². The molecule has 1 N–H and O–H groups in total. The Morgan fingerprint density at radius 3 is 2.35 bits per heavy atom. The maximum absolute atomic E-state index is 12.5. The van der Waals surface area contributed by atoms with Crippen molar-refractivity contribution in [2.75, 3.05) is 24.6 Å². The predicted molar refractivity (Wildman–Crippen MR) is 72.8 cm³/mol. The molecule has 2 fully saturated rings. The van der Waals surface area contributed by atoms with Gasteiger partial charge in [-0.25, -0.2) is 8.42 Å². The zero-order valence-corrected chi connectivity index (χ0v) is 12.8. The van der Waals surface area contributed by atoms with Crippen LogP contribution in [0.2, 0.25) is 0 Å². The van der Waals surface area contributed by atoms with E-state index in [9.17, 15) is 18.0 Å². The van der Waals surface area contributed by atoms with Crippen molar-refractivity contribution in [1.29, 1.82) is 0 Å². The first-order valence-electron chi connectivity index (χ1n) is 6.78. The number of amides is 1. The molecule has 0 aromatic heterocycles. The fourth-order valence-electron chi connectivity index (χ4n) is 3.24. The Morgan fingerprint density at radius 1 is 1.25 bits per heavy atom. The van der Waals surface area contributed by atoms with Gasteiger partial charge >= 0.3 is 5.97 Å². The SMILES string of the molecule is CC1CN(C(=O)[C@@H]2[C@H](C(=O)O)C2(C)C)CCS(=O)(=O)C1. The van der Waals surface area contributed by atoms with Crippen LogP contribution in [0.1, 0.15) is 20.8 Å². The van der Waals surface area contributed by atoms with Crippen molar-refractivity contribution < 1.29 is 23.1 Å². The summed E-state index contributed by atoms with van der Waals surface area (Å²) in [6.07, 6.45) is 0. The van der Waals surface area contributed by atoms with Crippen LogP contribution in [0.3, 0.4) is 0 Å². The van der Waals surface area contributed by atoms with Crippen molar-refractivity contribution in [1.82, 2.24) is 4.90 Å². The lowest BCUT2D eigenvalue weighted by atomic mass is 10.1. The van der Waals surface area contributed by atoms with Gasteiger partial charge in [0.2, 0.25) is 5.91 Å². The highest BCUT2D eigenvalue weighted by Gasteiger charge is 2.66. The van der Waals surface area contributed by atoms with E-state index in [2.05, 4.69) is 0 Å². The van der Waals surface area contributed by atoms with Crippen molar-refractivity contribution >= 4 is 21.7 Å². The quantitative estimate of drug-likeness (QED) is 0.789. The summed E-state index contributed by atoms with van der Waals surface area (Å²) in [5, 5.41) is 9.13. The van der Waals surface area contributed by atoms with Gasteiger partial charge in [-0.05, 0) is 11.3 Å². The molecule has 7 heteroatoms. The third kappa shape index (κ3) is 2.68. The monoisotopic (exact) mass is 303 g/mol. The molecule has 0 spiro atoms. The van der Waals surface area contributed by atoms with Crippen molar-refractivity contribution in [3.8, 4) is 0 Å². The standard InChI is InChI=1S/C13H21NO5S/c1-8-6-14(4-5-20(18,19)7-8)11(15)9-10(12(16)17)13(9,2)3/h8-10H,4-7H2,1-3H3,(H,16,17)/t8?,9-,10+/m0/s1. The average Bonchev–Trinajstić information content (AvgIpc) is 2.88. The number of carbonyl (C=O) groups excluding carboxylic acids is 1. The number of nitrogens with zero attached hydrogens (tertiary/aromatic N) is 1. The van der Waals surface area contributed by atoms with Crippen LogP contribution in [0.25, 0.3) is 0 Å². The highest BCUT2D eigenvalue weighted by atomic mass is 32.2. The molecule has 1 saturated heterocycles. The van der Waals surface area contributed by atoms with Crippen LogP contribution in [-0.2, 0) is 19.4 Å². The van der Waals surface area contributed by atoms with Crippen LogP contribution in [0, 0.1) is 23.2 Å². The van der Waals surface area contributed by atoms with E-state index in [4.69, 9.17) is 5.11 Å². The second-order valence-electron chi connectivity index (χ2n) is 6.62. The summed E-state index contributed by atoms with van der Waals surface area (Å²) in [7, 11) is -3.11. The zero-order valence-electron chi connectivity index (χ0n) is 12.0. The van der Waals surface area contributed by atoms with E-state index in [1.165, 1.54) is 4.90 Å². The van der Waals surface area contributed by atoms with E-state index >= 15 is 0 Å². The molecule has 0 radical (unpaired) electrons. The largest absolute Gasteiger partial charge is 0.481 e. The molecule has 1 aliphatic carbocycles. The minimum atomic E-state index is -3.11. The minimum absolute atomic E-state index is 0.0338. The summed E-state index contributed by atoms with van der Waals surface area (Å²) in [4.78, 5) is 25.1. The van der Waals surface area contributed by atoms with Gasteiger partial charge in [0.1, 0.15) is 0 Å². The Morgan fingerprint density at radius 2 is 1.85 bits per heavy atom. The molecule has 2 aliphatic rings. The first kappa shape index (κ1) is 15.3. The van der Waals surface area contributed by atoms with Crippen molar-refractivity contribution in [2.24, 2.45) is 23.2 Å². The van der Waals surface area contributed by atoms with Crippen molar-refractivity contribution in [3.05, 3.63) is 0 Å². The van der Waals surface area contributed by atoms with E-state index < -0.39 is 33.1 Å². The lowest BCUT2D eigenvalue weighted by Gasteiger charge is -2.22. The molecule has 114 valence electrons. The second-order valence-corrected chi connectivity index (χ2v) is 8.85. The molecule has 3 atom stereocenters. The molecule has 2 rings (SSSR count). The van der Waals surface area contributed by atoms with Crippen LogP contribution in [0.4, 0.5) is 0 Å². The molecule has 1 aliphatic heterocycles. The van der Waals surface area contributed by atoms with Crippen LogP contribution in [-0.4, -0.2) is 54.9 Å². The van der Waals surface area contributed by atoms with Gasteiger partial charge in [0, 0.05) is 13.1 Å². The first-order chi connectivity index (χ1) is 9.06. The van der Waals surface area contributed by atoms with Gasteiger partial charge in [0.05, 0.1) is 23.3 Å². The summed E-state index contributed by atoms with van der Waals surface area (Å²) < 4.78 is 23.4. The summed E-state index contributed by atoms with van der Waals surface area (Å²) in [6.45, 7) is 5.90. The second kappa shape index (κ2) is 4.72. The average molecular weight is 303 g/mol. The molecule has 0 bridgehead atoms. The highest BCUT2D eigenvalue weighted by molar-refractivity contribution is 7.91. The van der Waals surface area contributed by atoms with Crippen LogP contribution < -0.4 is 0 Å². The minimum Gasteiger partial charge on any atom is -0.481 e. The molecule has 1 unspecified atom stereocenters. The van der Waals surface area contributed by atoms with Gasteiger partial charge in [-0.15, -0.1) is 0 Å². The lowest BCUT2D eigenvalue weighted by Crippen LogP contribution is -2.37. The third-order valence-corrected chi connectivity index (χ3v) is 6.30. The fraction of sp³-hybridized carbons (Fsp3) is 0.846. The van der Waals surface area contributed by atoms with Crippen LogP contribution in [0.5, 0.6) is 0 Å². The summed E-state index contributed by atoms with van der Waals surface area (Å²) >= 11 is 0. The summed E-state index contributed by atoms with van der Waals surface area (Å²) in [6, 6.07) is 0. The number of aliphatic carboxylic acids is 1. The van der Waals surface area contributed by atoms with Gasteiger partial charge in [0.15, 0.2) is 9.84 Å². The third-order valence-electron chi connectivity index (χ3n) is 4.41. The normalized spacial score (nSPS) is 35.1. The van der Waals surface area contributed by atoms with E-state index in [1.807, 2.05) is 0 Å². The molecule has 0 aromatic carbocycles. The zero-order chi connectivity index (χ0) is 15.3. The first-order valence-corrected chi connectivity index (χ1v) is 8.60. The van der Waals surface area contributed by atoms with Gasteiger partial charge in [0.25, 0.3) is 0 Å². The maximum Gasteiger partial charge on any atom is 0.307 e. The van der Waals surface area contributed by atoms with Gasteiger partial charge in [-0.3, -0.25) is 9.59 Å². The molecule has 0 aromatic rings. The number of carbonyl (C=O) groups is 2. The number of hydrogen-bond acceptors (Lipinski definition) is 4. The lowest BCUT2D eigenvalue weighted by molar-refractivity contribution is -0.142. The number of hydrogen-bond donors (Lipinski definition) is 1. The molecular formula is C13H21NO5S. The number of rotatable bonds is 2. The molecule has 1 saturated carbocycles. The Labute approximate surface area is 119 Å². The smallest absolute Gasteiger partial charge is 0.307 e. The van der Waals surface area contributed by atoms with E-state index in [0.717, 1.165) is 0 Å². The van der Waals surface area contributed by atoms with Crippen LogP contribution in [0.15, 0.2) is 0 Å². The topological polar surface area (TPSA) is 91.8 Å². The molecule has 6 nitrogen and oxygen atoms in total. The van der Waals surface area contributed by atoms with E-state index in [1.54, 1.807) is 20.8 Å². The van der Waals surface area contributed by atoms with E-state index in [-0.39, 0.29) is 29.9 Å². The molecule has 1 amide bonds. The van der Waals surface area contributed by atoms with Gasteiger partial charge in [-0.2, -0.15) is 0 Å². The number of carboxylic acid groups (broad SMARTS) is 1. The number of carboxylic acids is 1. The van der Waals surface area contributed by atoms with Gasteiger partial charge < -0.3 is 10.0 Å². The molecule has 20 heavy (non-hydrogen) atoms. The van der Waals surface area contributed by atoms with Crippen LogP contribution >= 0.6 is 0 Å². The van der Waals surface area contributed by atoms with Crippen molar-refractivity contribution in [3.63, 3.8) is 0 Å². The summed E-state index contributed by atoms with van der Waals surface area (Å²) in [5.74, 6) is -2.42. The maximum atomic E-state index is 12.5. The molecular weight excluding hydrogens is 282 g/mol. The number of sulfone groups is 1. The summed E-state index contributed by atoms with van der Waals surface area (Å²) in [5.41, 5.74) is -0.544.